The number of carboxylic acid groups (broad SMARTS) is 1. The highest BCUT2D eigenvalue weighted by Gasteiger charge is 2.20. The van der Waals surface area contributed by atoms with Crippen molar-refractivity contribution in [1.29, 1.82) is 5.41 Å². The number of nitrogens with one attached hydrogen (secondary N) is 3. The largest absolute Gasteiger partial charge is 0.480 e. The third kappa shape index (κ3) is 8.00. The Balaban J connectivity index is 4.06. The molecule has 0 saturated heterocycles. The van der Waals surface area contributed by atoms with Crippen LogP contribution in [0.3, 0.4) is 0 Å². The lowest BCUT2D eigenvalue weighted by molar-refractivity contribution is -0.139. The van der Waals surface area contributed by atoms with Gasteiger partial charge < -0.3 is 16.2 Å². The number of guanidine groups is 1. The van der Waals surface area contributed by atoms with Crippen LogP contribution in [0.25, 0.3) is 0 Å². The second-order valence-corrected chi connectivity index (χ2v) is 5.04. The Bertz CT molecular complexity index is 353. The summed E-state index contributed by atoms with van der Waals surface area (Å²) in [5, 5.41) is 18.1. The van der Waals surface area contributed by atoms with Gasteiger partial charge in [-0.1, -0.05) is 0 Å². The van der Waals surface area contributed by atoms with Crippen LogP contribution in [0.2, 0.25) is 0 Å². The number of aliphatic carboxylic acids is 1. The first-order valence-electron chi connectivity index (χ1n) is 4.50. The normalized spacial score (nSPS) is 13.1. The van der Waals surface area contributed by atoms with Crippen LogP contribution in [0.15, 0.2) is 0 Å². The van der Waals surface area contributed by atoms with Crippen molar-refractivity contribution in [3.8, 4) is 0 Å². The zero-order chi connectivity index (χ0) is 12.8. The van der Waals surface area contributed by atoms with E-state index in [0.29, 0.717) is 13.0 Å². The van der Waals surface area contributed by atoms with E-state index in [1.54, 1.807) is 0 Å². The van der Waals surface area contributed by atoms with E-state index >= 15 is 0 Å². The van der Waals surface area contributed by atoms with Gasteiger partial charge in [-0.15, -0.1) is 0 Å². The summed E-state index contributed by atoms with van der Waals surface area (Å²) in [5.74, 6) is -1.43. The van der Waals surface area contributed by atoms with E-state index < -0.39 is 22.0 Å². The molecule has 0 bridgehead atoms. The number of hydrogen-bond acceptors (Lipinski definition) is 4. The maximum Gasteiger partial charge on any atom is 0.321 e. The third-order valence-electron chi connectivity index (χ3n) is 1.64. The molecule has 0 aliphatic rings. The average molecular weight is 252 g/mol. The molecule has 9 heteroatoms. The quantitative estimate of drug-likeness (QED) is 0.206. The van der Waals surface area contributed by atoms with Crippen LogP contribution >= 0.6 is 0 Å². The summed E-state index contributed by atoms with van der Waals surface area (Å²) in [6, 6.07) is -1.15. The molecular weight excluding hydrogens is 236 g/mol. The van der Waals surface area contributed by atoms with E-state index in [2.05, 4.69) is 5.32 Å². The first-order chi connectivity index (χ1) is 7.22. The van der Waals surface area contributed by atoms with E-state index in [1.165, 1.54) is 0 Å². The van der Waals surface area contributed by atoms with Gasteiger partial charge in [0.1, 0.15) is 6.04 Å². The Morgan fingerprint density at radius 3 is 2.50 bits per heavy atom. The van der Waals surface area contributed by atoms with Crippen molar-refractivity contribution in [2.45, 2.75) is 18.9 Å². The van der Waals surface area contributed by atoms with Crippen molar-refractivity contribution in [3.05, 3.63) is 0 Å². The minimum absolute atomic E-state index is 0.128. The minimum Gasteiger partial charge on any atom is -0.480 e. The standard InChI is InChI=1S/C7H16N4O4S/c1-16(14,15)11-5(6(12)13)3-2-4-10-7(8)9/h5,11H,2-4H2,1H3,(H,12,13)(H4,8,9,10)/t5-/m0/s1. The number of rotatable bonds is 7. The van der Waals surface area contributed by atoms with Crippen molar-refractivity contribution in [1.82, 2.24) is 10.0 Å². The molecule has 0 aliphatic carbocycles. The highest BCUT2D eigenvalue weighted by Crippen LogP contribution is 1.98. The lowest BCUT2D eigenvalue weighted by Crippen LogP contribution is -2.41. The van der Waals surface area contributed by atoms with Gasteiger partial charge >= 0.3 is 5.97 Å². The van der Waals surface area contributed by atoms with Crippen LogP contribution in [0.5, 0.6) is 0 Å². The topological polar surface area (TPSA) is 145 Å². The number of sulfonamides is 1. The van der Waals surface area contributed by atoms with Gasteiger partial charge in [0.25, 0.3) is 0 Å². The lowest BCUT2D eigenvalue weighted by Gasteiger charge is -2.12. The lowest BCUT2D eigenvalue weighted by atomic mass is 10.2. The number of carbonyl (C=O) groups is 1. The molecule has 0 aromatic carbocycles. The van der Waals surface area contributed by atoms with Crippen molar-refractivity contribution in [2.75, 3.05) is 12.8 Å². The van der Waals surface area contributed by atoms with Crippen LogP contribution in [0.1, 0.15) is 12.8 Å². The molecule has 94 valence electrons. The molecule has 6 N–H and O–H groups in total. The molecule has 0 spiro atoms. The van der Waals surface area contributed by atoms with Gasteiger partial charge in [0.15, 0.2) is 5.96 Å². The van der Waals surface area contributed by atoms with Gasteiger partial charge in [0.05, 0.1) is 6.26 Å². The average Bonchev–Trinajstić information content (AvgIpc) is 2.07. The SMILES string of the molecule is CS(=O)(=O)N[C@@H](CCCNC(=N)N)C(=O)O. The molecule has 0 unspecified atom stereocenters. The van der Waals surface area contributed by atoms with E-state index in [1.807, 2.05) is 4.72 Å². The van der Waals surface area contributed by atoms with Crippen molar-refractivity contribution in [2.24, 2.45) is 5.73 Å². The molecule has 0 amide bonds. The third-order valence-corrected chi connectivity index (χ3v) is 2.35. The van der Waals surface area contributed by atoms with E-state index in [-0.39, 0.29) is 12.4 Å². The highest BCUT2D eigenvalue weighted by molar-refractivity contribution is 7.88. The molecule has 0 radical (unpaired) electrons. The molecular formula is C7H16N4O4S. The molecule has 0 fully saturated rings. The molecule has 16 heavy (non-hydrogen) atoms. The Hall–Kier alpha value is -1.35. The summed E-state index contributed by atoms with van der Waals surface area (Å²) >= 11 is 0. The Kier molecular flexibility index (Phi) is 5.75. The molecule has 0 heterocycles. The van der Waals surface area contributed by atoms with E-state index in [9.17, 15) is 13.2 Å². The fourth-order valence-electron chi connectivity index (χ4n) is 1.02. The summed E-state index contributed by atoms with van der Waals surface area (Å²) in [6.07, 6.45) is 1.42. The van der Waals surface area contributed by atoms with Crippen LogP contribution in [-0.4, -0.2) is 44.3 Å². The Morgan fingerprint density at radius 1 is 1.56 bits per heavy atom. The van der Waals surface area contributed by atoms with Crippen LogP contribution in [-0.2, 0) is 14.8 Å². The monoisotopic (exact) mass is 252 g/mol. The molecule has 0 aliphatic heterocycles. The fourth-order valence-corrected chi connectivity index (χ4v) is 1.76. The maximum atomic E-state index is 10.8. The molecule has 0 aromatic rings. The van der Waals surface area contributed by atoms with Crippen molar-refractivity contribution in [3.63, 3.8) is 0 Å². The van der Waals surface area contributed by atoms with Gasteiger partial charge in [-0.05, 0) is 12.8 Å². The smallest absolute Gasteiger partial charge is 0.321 e. The summed E-state index contributed by atoms with van der Waals surface area (Å²) in [5.41, 5.74) is 5.02. The first kappa shape index (κ1) is 14.6. The minimum atomic E-state index is -3.54. The summed E-state index contributed by atoms with van der Waals surface area (Å²) in [4.78, 5) is 10.7. The van der Waals surface area contributed by atoms with Gasteiger partial charge in [0, 0.05) is 6.54 Å². The molecule has 8 nitrogen and oxygen atoms in total. The second kappa shape index (κ2) is 6.28. The molecule has 0 saturated carbocycles. The predicted molar refractivity (Wildman–Crippen MR) is 58.6 cm³/mol. The summed E-state index contributed by atoms with van der Waals surface area (Å²) in [6.45, 7) is 0.324. The summed E-state index contributed by atoms with van der Waals surface area (Å²) in [7, 11) is -3.54. The highest BCUT2D eigenvalue weighted by atomic mass is 32.2. The first-order valence-corrected chi connectivity index (χ1v) is 6.39. The number of hydrogen-bond donors (Lipinski definition) is 5. The second-order valence-electron chi connectivity index (χ2n) is 3.26. The molecule has 0 rings (SSSR count). The Labute approximate surface area is 93.8 Å². The maximum absolute atomic E-state index is 10.8. The zero-order valence-corrected chi connectivity index (χ0v) is 9.67. The predicted octanol–water partition coefficient (Wildman–Crippen LogP) is -1.75. The van der Waals surface area contributed by atoms with Crippen molar-refractivity contribution < 1.29 is 18.3 Å². The van der Waals surface area contributed by atoms with E-state index in [0.717, 1.165) is 6.26 Å². The fraction of sp³-hybridized carbons (Fsp3) is 0.714. The summed E-state index contributed by atoms with van der Waals surface area (Å²) < 4.78 is 23.7. The molecule has 0 aromatic heterocycles. The van der Waals surface area contributed by atoms with Crippen LogP contribution < -0.4 is 15.8 Å². The zero-order valence-electron chi connectivity index (χ0n) is 8.86. The van der Waals surface area contributed by atoms with E-state index in [4.69, 9.17) is 16.2 Å². The van der Waals surface area contributed by atoms with Crippen LogP contribution in [0, 0.1) is 5.41 Å². The van der Waals surface area contributed by atoms with Gasteiger partial charge in [0.2, 0.25) is 10.0 Å². The number of carboxylic acids is 1. The number of nitrogens with two attached hydrogens (primary N) is 1. The van der Waals surface area contributed by atoms with Gasteiger partial charge in [-0.25, -0.2) is 13.1 Å². The van der Waals surface area contributed by atoms with Crippen molar-refractivity contribution >= 4 is 22.0 Å². The van der Waals surface area contributed by atoms with Crippen LogP contribution in [0.4, 0.5) is 0 Å². The Morgan fingerprint density at radius 2 is 2.12 bits per heavy atom. The van der Waals surface area contributed by atoms with Gasteiger partial charge in [-0.3, -0.25) is 10.2 Å². The van der Waals surface area contributed by atoms with Gasteiger partial charge in [-0.2, -0.15) is 0 Å². The molecule has 1 atom stereocenters.